The SMILES string of the molecule is C=CS(=O)(=O)CCOCCNc1nc(F)nc(Nc2ccc(N=Nc3cc4c(S)cc(S)cc4cc3S)c(NC)c2)n1. The number of fused-ring (bicyclic) bond motifs is 1. The molecule has 0 bridgehead atoms. The summed E-state index contributed by atoms with van der Waals surface area (Å²) in [5, 5.41) is 20.4. The number of halogens is 1. The zero-order chi connectivity index (χ0) is 30.3. The van der Waals surface area contributed by atoms with Crippen molar-refractivity contribution in [2.75, 3.05) is 48.5 Å². The lowest BCUT2D eigenvalue weighted by molar-refractivity contribution is 0.159. The van der Waals surface area contributed by atoms with Crippen molar-refractivity contribution in [3.05, 3.63) is 60.5 Å². The minimum absolute atomic E-state index is 0.00356. The van der Waals surface area contributed by atoms with E-state index >= 15 is 0 Å². The first kappa shape index (κ1) is 31.5. The highest BCUT2D eigenvalue weighted by Gasteiger charge is 2.10. The van der Waals surface area contributed by atoms with E-state index in [0.717, 1.165) is 26.0 Å². The average molecular weight is 647 g/mol. The molecule has 0 saturated heterocycles. The first-order valence-corrected chi connectivity index (χ1v) is 15.4. The second kappa shape index (κ2) is 14.2. The Morgan fingerprint density at radius 2 is 1.74 bits per heavy atom. The lowest BCUT2D eigenvalue weighted by atomic mass is 10.1. The second-order valence-corrected chi connectivity index (χ2v) is 12.2. The number of benzene rings is 3. The van der Waals surface area contributed by atoms with E-state index in [1.165, 1.54) is 0 Å². The van der Waals surface area contributed by atoms with Gasteiger partial charge in [-0.05, 0) is 53.2 Å². The fourth-order valence-corrected chi connectivity index (χ4v) is 5.12. The molecular formula is C26H27FN8O3S4. The van der Waals surface area contributed by atoms with Gasteiger partial charge in [-0.1, -0.05) is 6.58 Å². The number of ether oxygens (including phenoxy) is 1. The van der Waals surface area contributed by atoms with Crippen molar-refractivity contribution in [1.82, 2.24) is 15.0 Å². The van der Waals surface area contributed by atoms with Crippen molar-refractivity contribution >= 4 is 93.1 Å². The molecule has 0 spiro atoms. The minimum atomic E-state index is -3.33. The third-order valence-electron chi connectivity index (χ3n) is 5.70. The van der Waals surface area contributed by atoms with E-state index < -0.39 is 15.9 Å². The summed E-state index contributed by atoms with van der Waals surface area (Å²) in [6.45, 7) is 3.62. The molecule has 220 valence electrons. The molecule has 42 heavy (non-hydrogen) atoms. The predicted molar refractivity (Wildman–Crippen MR) is 172 cm³/mol. The molecule has 3 aromatic carbocycles. The molecule has 3 N–H and O–H groups in total. The molecule has 0 amide bonds. The second-order valence-electron chi connectivity index (χ2n) is 8.66. The normalized spacial score (nSPS) is 11.6. The molecule has 0 fully saturated rings. The minimum Gasteiger partial charge on any atom is -0.386 e. The van der Waals surface area contributed by atoms with E-state index in [4.69, 9.17) is 4.74 Å². The number of rotatable bonds is 13. The van der Waals surface area contributed by atoms with Crippen LogP contribution in [0.5, 0.6) is 0 Å². The third kappa shape index (κ3) is 8.54. The average Bonchev–Trinajstić information content (AvgIpc) is 2.94. The Morgan fingerprint density at radius 3 is 2.50 bits per heavy atom. The van der Waals surface area contributed by atoms with Crippen molar-refractivity contribution in [3.8, 4) is 0 Å². The number of anilines is 4. The molecule has 1 aromatic heterocycles. The van der Waals surface area contributed by atoms with Gasteiger partial charge in [0.05, 0.1) is 30.3 Å². The Hall–Kier alpha value is -3.44. The molecule has 0 atom stereocenters. The van der Waals surface area contributed by atoms with Gasteiger partial charge in [-0.15, -0.1) is 48.1 Å². The van der Waals surface area contributed by atoms with Crippen molar-refractivity contribution in [2.45, 2.75) is 14.7 Å². The van der Waals surface area contributed by atoms with Crippen LogP contribution in [0.2, 0.25) is 0 Å². The van der Waals surface area contributed by atoms with Crippen molar-refractivity contribution in [2.24, 2.45) is 10.2 Å². The fourth-order valence-electron chi connectivity index (χ4n) is 3.65. The Labute approximate surface area is 258 Å². The number of hydrogen-bond donors (Lipinski definition) is 6. The third-order valence-corrected chi connectivity index (χ3v) is 7.93. The molecule has 0 radical (unpaired) electrons. The number of azo groups is 1. The maximum Gasteiger partial charge on any atom is 0.315 e. The zero-order valence-corrected chi connectivity index (χ0v) is 25.7. The van der Waals surface area contributed by atoms with Crippen LogP contribution in [0.1, 0.15) is 0 Å². The summed E-state index contributed by atoms with van der Waals surface area (Å²) in [7, 11) is -1.60. The van der Waals surface area contributed by atoms with Gasteiger partial charge in [0.15, 0.2) is 9.84 Å². The topological polar surface area (TPSA) is 143 Å². The van der Waals surface area contributed by atoms with Crippen LogP contribution < -0.4 is 16.0 Å². The maximum atomic E-state index is 14.1. The Bertz CT molecular complexity index is 1760. The van der Waals surface area contributed by atoms with E-state index in [1.807, 2.05) is 24.3 Å². The quantitative estimate of drug-likeness (QED) is 0.0567. The van der Waals surface area contributed by atoms with Crippen LogP contribution in [0, 0.1) is 6.08 Å². The van der Waals surface area contributed by atoms with E-state index in [2.05, 4.69) is 85.6 Å². The molecule has 0 unspecified atom stereocenters. The lowest BCUT2D eigenvalue weighted by Crippen LogP contribution is -2.16. The number of aromatic nitrogens is 3. The summed E-state index contributed by atoms with van der Waals surface area (Å²) in [5.41, 5.74) is 2.33. The number of sulfone groups is 1. The molecule has 0 aliphatic heterocycles. The van der Waals surface area contributed by atoms with Gasteiger partial charge < -0.3 is 20.7 Å². The molecule has 0 aliphatic carbocycles. The zero-order valence-electron chi connectivity index (χ0n) is 22.2. The molecule has 1 heterocycles. The summed E-state index contributed by atoms with van der Waals surface area (Å²) >= 11 is 13.5. The number of nitrogens with zero attached hydrogens (tertiary/aromatic N) is 5. The van der Waals surface area contributed by atoms with Crippen LogP contribution in [0.3, 0.4) is 0 Å². The molecule has 0 aliphatic rings. The number of hydrogen-bond acceptors (Lipinski definition) is 14. The Kier molecular flexibility index (Phi) is 10.6. The monoisotopic (exact) mass is 646 g/mol. The maximum absolute atomic E-state index is 14.1. The summed E-state index contributed by atoms with van der Waals surface area (Å²) in [6.07, 6.45) is -0.986. The largest absolute Gasteiger partial charge is 0.386 e. The van der Waals surface area contributed by atoms with Gasteiger partial charge in [0.1, 0.15) is 5.69 Å². The summed E-state index contributed by atoms with van der Waals surface area (Å²) in [5.74, 6) is -0.213. The van der Waals surface area contributed by atoms with Crippen molar-refractivity contribution < 1.29 is 17.5 Å². The van der Waals surface area contributed by atoms with Gasteiger partial charge in [-0.2, -0.15) is 19.3 Å². The number of nitrogens with one attached hydrogen (secondary N) is 3. The predicted octanol–water partition coefficient (Wildman–Crippen LogP) is 6.22. The molecular weight excluding hydrogens is 620 g/mol. The Morgan fingerprint density at radius 1 is 0.976 bits per heavy atom. The van der Waals surface area contributed by atoms with Gasteiger partial charge in [0.25, 0.3) is 0 Å². The van der Waals surface area contributed by atoms with E-state index in [1.54, 1.807) is 25.2 Å². The van der Waals surface area contributed by atoms with Crippen LogP contribution in [0.4, 0.5) is 39.0 Å². The Balaban J connectivity index is 1.42. The first-order valence-electron chi connectivity index (χ1n) is 12.3. The molecule has 11 nitrogen and oxygen atoms in total. The molecule has 4 aromatic rings. The van der Waals surface area contributed by atoms with Crippen LogP contribution in [-0.2, 0) is 14.6 Å². The van der Waals surface area contributed by atoms with Crippen LogP contribution in [0.25, 0.3) is 10.8 Å². The van der Waals surface area contributed by atoms with Gasteiger partial charge in [-0.3, -0.25) is 0 Å². The van der Waals surface area contributed by atoms with E-state index in [9.17, 15) is 12.8 Å². The van der Waals surface area contributed by atoms with Gasteiger partial charge in [0, 0.05) is 39.4 Å². The van der Waals surface area contributed by atoms with Crippen molar-refractivity contribution in [3.63, 3.8) is 0 Å². The van der Waals surface area contributed by atoms with E-state index in [-0.39, 0.29) is 37.4 Å². The summed E-state index contributed by atoms with van der Waals surface area (Å²) in [6, 6.07) is 12.7. The fraction of sp³-hybridized carbons (Fsp3) is 0.192. The standard InChI is InChI=1S/C26H27FN8O3S4/c1-3-42(36,37)9-8-38-7-6-29-25-31-24(27)32-26(33-25)30-16-4-5-19(20(12-16)28-2)34-35-21-14-18-15(11-23(21)41)10-17(39)13-22(18)40/h3-5,10-14,28,39-41H,1,6-9H2,2H3,(H2,29,30,31,32,33). The van der Waals surface area contributed by atoms with Crippen LogP contribution >= 0.6 is 37.9 Å². The highest BCUT2D eigenvalue weighted by atomic mass is 32.2. The lowest BCUT2D eigenvalue weighted by Gasteiger charge is -2.11. The smallest absolute Gasteiger partial charge is 0.315 e. The van der Waals surface area contributed by atoms with Crippen LogP contribution in [-0.4, -0.2) is 55.9 Å². The van der Waals surface area contributed by atoms with E-state index in [0.29, 0.717) is 27.6 Å². The summed E-state index contributed by atoms with van der Waals surface area (Å²) in [4.78, 5) is 13.7. The first-order chi connectivity index (χ1) is 20.1. The van der Waals surface area contributed by atoms with Gasteiger partial charge in [0.2, 0.25) is 11.9 Å². The molecule has 4 rings (SSSR count). The highest BCUT2D eigenvalue weighted by Crippen LogP contribution is 2.36. The summed E-state index contributed by atoms with van der Waals surface area (Å²) < 4.78 is 42.1. The van der Waals surface area contributed by atoms with Crippen LogP contribution in [0.15, 0.2) is 79.4 Å². The molecule has 16 heteroatoms. The van der Waals surface area contributed by atoms with Gasteiger partial charge >= 0.3 is 6.08 Å². The number of thiol groups is 3. The van der Waals surface area contributed by atoms with Crippen molar-refractivity contribution in [1.29, 1.82) is 0 Å². The highest BCUT2D eigenvalue weighted by molar-refractivity contribution is 7.94. The molecule has 0 saturated carbocycles. The van der Waals surface area contributed by atoms with Gasteiger partial charge in [-0.25, -0.2) is 8.42 Å².